The molecule has 0 saturated carbocycles. The molecule has 1 radical (unpaired) electrons. The first kappa shape index (κ1) is 20.2. The molecule has 10 nitrogen and oxygen atoms in total. The number of aromatic amines is 1. The Morgan fingerprint density at radius 2 is 2.11 bits per heavy atom. The summed E-state index contributed by atoms with van der Waals surface area (Å²) in [5.74, 6) is -1.90. The molecule has 2 aliphatic rings. The summed E-state index contributed by atoms with van der Waals surface area (Å²) in [7, 11) is -4.18. The number of carbonyl (C=O) groups is 3. The predicted molar refractivity (Wildman–Crippen MR) is 97.1 cm³/mol. The molecule has 2 amide bonds. The number of nitrogens with zero attached hydrogens (tertiary/aromatic N) is 2. The number of nitrogens with two attached hydrogens (primary N) is 1. The van der Waals surface area contributed by atoms with Gasteiger partial charge in [0.1, 0.15) is 10.9 Å². The van der Waals surface area contributed by atoms with E-state index in [0.717, 1.165) is 4.31 Å². The lowest BCUT2D eigenvalue weighted by Crippen LogP contribution is -2.44. The van der Waals surface area contributed by atoms with Gasteiger partial charge in [0.05, 0.1) is 19.0 Å². The number of Topliss-reactive ketones (excluding diaryl/α,β-unsaturated/α-hetero) is 1. The number of hydrogen-bond donors (Lipinski definition) is 2. The van der Waals surface area contributed by atoms with Crippen LogP contribution in [-0.2, 0) is 24.4 Å². The van der Waals surface area contributed by atoms with E-state index in [1.807, 2.05) is 0 Å². The first-order valence-electron chi connectivity index (χ1n) is 8.80. The highest BCUT2D eigenvalue weighted by molar-refractivity contribution is 7.89. The number of carbonyl (C=O) groups excluding carboxylic acids is 3. The van der Waals surface area contributed by atoms with Crippen LogP contribution in [-0.4, -0.2) is 65.4 Å². The molecule has 3 atom stereocenters. The molecule has 3 unspecified atom stereocenters. The smallest absolute Gasteiger partial charge is 0.268 e. The Kier molecular flexibility index (Phi) is 5.39. The van der Waals surface area contributed by atoms with Gasteiger partial charge in [0, 0.05) is 18.7 Å². The van der Waals surface area contributed by atoms with Crippen molar-refractivity contribution < 1.29 is 22.8 Å². The van der Waals surface area contributed by atoms with Gasteiger partial charge >= 0.3 is 0 Å². The predicted octanol–water partition coefficient (Wildman–Crippen LogP) is -1.37. The minimum absolute atomic E-state index is 0.137. The van der Waals surface area contributed by atoms with Gasteiger partial charge < -0.3 is 15.6 Å². The summed E-state index contributed by atoms with van der Waals surface area (Å²) in [6.45, 7) is 1.40. The molecular formula is C17H21N4O6S. The number of pyridine rings is 1. The van der Waals surface area contributed by atoms with Crippen LogP contribution in [0.25, 0.3) is 0 Å². The van der Waals surface area contributed by atoms with Crippen LogP contribution in [0.5, 0.6) is 0 Å². The Morgan fingerprint density at radius 3 is 2.75 bits per heavy atom. The average molecular weight is 409 g/mol. The van der Waals surface area contributed by atoms with Crippen molar-refractivity contribution in [3.8, 4) is 0 Å². The summed E-state index contributed by atoms with van der Waals surface area (Å²) in [6.07, 6.45) is 3.03. The van der Waals surface area contributed by atoms with Crippen LogP contribution in [0.3, 0.4) is 0 Å². The third kappa shape index (κ3) is 3.47. The number of ketones is 1. The summed E-state index contributed by atoms with van der Waals surface area (Å²) in [6, 6.07) is 0.958. The number of sulfonamides is 1. The lowest BCUT2D eigenvalue weighted by atomic mass is 10.0. The fourth-order valence-corrected chi connectivity index (χ4v) is 5.26. The number of aromatic nitrogens is 1. The highest BCUT2D eigenvalue weighted by Gasteiger charge is 2.53. The van der Waals surface area contributed by atoms with Gasteiger partial charge in [-0.15, -0.1) is 0 Å². The normalized spacial score (nSPS) is 23.6. The molecule has 0 bridgehead atoms. The molecule has 3 heterocycles. The van der Waals surface area contributed by atoms with Crippen LogP contribution in [0.4, 0.5) is 0 Å². The Hall–Kier alpha value is -2.53. The lowest BCUT2D eigenvalue weighted by Gasteiger charge is -2.24. The second-order valence-corrected chi connectivity index (χ2v) is 8.81. The van der Waals surface area contributed by atoms with Crippen molar-refractivity contribution >= 4 is 27.6 Å². The zero-order valence-corrected chi connectivity index (χ0v) is 16.0. The van der Waals surface area contributed by atoms with E-state index in [4.69, 9.17) is 5.73 Å². The maximum Gasteiger partial charge on any atom is 0.268 e. The van der Waals surface area contributed by atoms with E-state index in [-0.39, 0.29) is 19.4 Å². The molecule has 151 valence electrons. The monoisotopic (exact) mass is 409 g/mol. The topological polar surface area (TPSA) is 151 Å². The number of likely N-dealkylation sites (tertiary alicyclic amines) is 1. The maximum atomic E-state index is 12.9. The zero-order valence-electron chi connectivity index (χ0n) is 15.2. The SMILES string of the molecule is CC(C[CH]C(=O)N1CCC2C1C(=O)CN2S(=O)(=O)c1ccc[nH]c1=O)C(N)=O. The molecule has 2 fully saturated rings. The fourth-order valence-electron chi connectivity index (χ4n) is 3.59. The van der Waals surface area contributed by atoms with Crippen LogP contribution in [0.1, 0.15) is 19.8 Å². The molecule has 3 N–H and O–H groups in total. The van der Waals surface area contributed by atoms with Crippen molar-refractivity contribution in [1.29, 1.82) is 0 Å². The Bertz CT molecular complexity index is 972. The molecule has 1 aromatic heterocycles. The third-order valence-corrected chi connectivity index (χ3v) is 7.06. The highest BCUT2D eigenvalue weighted by Crippen LogP contribution is 2.33. The summed E-state index contributed by atoms with van der Waals surface area (Å²) in [4.78, 5) is 51.2. The quantitative estimate of drug-likeness (QED) is 0.592. The summed E-state index contributed by atoms with van der Waals surface area (Å²) >= 11 is 0. The van der Waals surface area contributed by atoms with Gasteiger partial charge in [-0.3, -0.25) is 19.2 Å². The molecule has 11 heteroatoms. The number of hydrogen-bond acceptors (Lipinski definition) is 6. The van der Waals surface area contributed by atoms with Gasteiger partial charge in [-0.05, 0) is 25.0 Å². The molecule has 3 rings (SSSR count). The number of fused-ring (bicyclic) bond motifs is 1. The standard InChI is InChI=1S/C17H21N4O6S/c1-10(16(18)24)4-5-14(23)20-8-6-11-15(20)12(22)9-21(11)28(26,27)13-3-2-7-19-17(13)25/h2-3,5,7,10-11,15H,4,6,8-9H2,1H3,(H2,18,24)(H,19,25). The van der Waals surface area contributed by atoms with Crippen molar-refractivity contribution in [2.45, 2.75) is 36.7 Å². The van der Waals surface area contributed by atoms with Crippen LogP contribution >= 0.6 is 0 Å². The van der Waals surface area contributed by atoms with Crippen LogP contribution in [0, 0.1) is 12.3 Å². The van der Waals surface area contributed by atoms with Gasteiger partial charge in [-0.1, -0.05) is 6.92 Å². The van der Waals surface area contributed by atoms with Gasteiger partial charge in [-0.25, -0.2) is 8.42 Å². The number of nitrogens with one attached hydrogen (secondary N) is 1. The summed E-state index contributed by atoms with van der Waals surface area (Å²) < 4.78 is 26.8. The second-order valence-electron chi connectivity index (χ2n) is 6.96. The largest absolute Gasteiger partial charge is 0.369 e. The van der Waals surface area contributed by atoms with Gasteiger partial charge in [0.25, 0.3) is 5.56 Å². The van der Waals surface area contributed by atoms with Crippen molar-refractivity contribution in [2.75, 3.05) is 13.1 Å². The van der Waals surface area contributed by atoms with Crippen LogP contribution in [0.2, 0.25) is 0 Å². The Labute approximate surface area is 161 Å². The van der Waals surface area contributed by atoms with E-state index in [1.165, 1.54) is 29.7 Å². The second kappa shape index (κ2) is 7.47. The van der Waals surface area contributed by atoms with Gasteiger partial charge in [0.2, 0.25) is 21.8 Å². The molecule has 1 aromatic rings. The summed E-state index contributed by atoms with van der Waals surface area (Å²) in [5, 5.41) is 0. The zero-order chi connectivity index (χ0) is 20.6. The van der Waals surface area contributed by atoms with E-state index in [9.17, 15) is 27.6 Å². The van der Waals surface area contributed by atoms with Crippen molar-refractivity contribution in [3.05, 3.63) is 35.1 Å². The molecule has 0 spiro atoms. The van der Waals surface area contributed by atoms with Crippen molar-refractivity contribution in [3.63, 3.8) is 0 Å². The molecular weight excluding hydrogens is 388 g/mol. The number of amides is 2. The summed E-state index contributed by atoms with van der Waals surface area (Å²) in [5.41, 5.74) is 4.41. The van der Waals surface area contributed by atoms with Crippen molar-refractivity contribution in [2.24, 2.45) is 11.7 Å². The van der Waals surface area contributed by atoms with E-state index in [0.29, 0.717) is 0 Å². The van der Waals surface area contributed by atoms with E-state index >= 15 is 0 Å². The van der Waals surface area contributed by atoms with E-state index < -0.39 is 62.6 Å². The number of primary amides is 1. The first-order valence-corrected chi connectivity index (χ1v) is 10.2. The third-order valence-electron chi connectivity index (χ3n) is 5.16. The molecule has 2 aliphatic heterocycles. The van der Waals surface area contributed by atoms with E-state index in [2.05, 4.69) is 4.98 Å². The molecule has 2 saturated heterocycles. The van der Waals surface area contributed by atoms with Gasteiger partial charge in [-0.2, -0.15) is 4.31 Å². The first-order chi connectivity index (χ1) is 13.1. The lowest BCUT2D eigenvalue weighted by molar-refractivity contribution is -0.133. The average Bonchev–Trinajstić information content (AvgIpc) is 3.21. The molecule has 28 heavy (non-hydrogen) atoms. The van der Waals surface area contributed by atoms with Crippen LogP contribution in [0.15, 0.2) is 28.0 Å². The van der Waals surface area contributed by atoms with Crippen LogP contribution < -0.4 is 11.3 Å². The number of rotatable bonds is 6. The Balaban J connectivity index is 1.79. The highest BCUT2D eigenvalue weighted by atomic mass is 32.2. The minimum atomic E-state index is -4.18. The minimum Gasteiger partial charge on any atom is -0.369 e. The molecule has 0 aliphatic carbocycles. The number of H-pyrrole nitrogens is 1. The fraction of sp³-hybridized carbons (Fsp3) is 0.471. The molecule has 0 aromatic carbocycles. The van der Waals surface area contributed by atoms with Gasteiger partial charge in [0.15, 0.2) is 5.78 Å². The van der Waals surface area contributed by atoms with E-state index in [1.54, 1.807) is 6.92 Å². The van der Waals surface area contributed by atoms with Crippen molar-refractivity contribution in [1.82, 2.24) is 14.2 Å². The Morgan fingerprint density at radius 1 is 1.39 bits per heavy atom. The maximum absolute atomic E-state index is 12.9.